The molecular formula is C18H20Cl2N4O. The van der Waals surface area contributed by atoms with E-state index in [1.54, 1.807) is 18.3 Å². The summed E-state index contributed by atoms with van der Waals surface area (Å²) in [6, 6.07) is 9.88. The molecule has 4 rings (SSSR count). The number of anilines is 1. The summed E-state index contributed by atoms with van der Waals surface area (Å²) >= 11 is 5.77. The summed E-state index contributed by atoms with van der Waals surface area (Å²) in [5.74, 6) is -0.119. The summed E-state index contributed by atoms with van der Waals surface area (Å²) in [6.07, 6.45) is 2.56. The molecule has 3 heterocycles. The normalized spacial score (nSPS) is 19.3. The summed E-state index contributed by atoms with van der Waals surface area (Å²) < 4.78 is 0. The van der Waals surface area contributed by atoms with Gasteiger partial charge in [0, 0.05) is 37.8 Å². The zero-order valence-corrected chi connectivity index (χ0v) is 15.2. The van der Waals surface area contributed by atoms with Gasteiger partial charge in [0.2, 0.25) is 0 Å². The van der Waals surface area contributed by atoms with E-state index in [9.17, 15) is 4.79 Å². The van der Waals surface area contributed by atoms with Crippen molar-refractivity contribution < 1.29 is 4.79 Å². The van der Waals surface area contributed by atoms with Crippen molar-refractivity contribution in [3.05, 3.63) is 58.4 Å². The molecule has 0 spiro atoms. The number of carbonyl (C=O) groups excluding carboxylic acids is 1. The predicted molar refractivity (Wildman–Crippen MR) is 102 cm³/mol. The van der Waals surface area contributed by atoms with Crippen LogP contribution in [-0.4, -0.2) is 42.0 Å². The van der Waals surface area contributed by atoms with Gasteiger partial charge >= 0.3 is 0 Å². The number of fused-ring (bicyclic) bond motifs is 3. The van der Waals surface area contributed by atoms with Crippen LogP contribution in [0.3, 0.4) is 0 Å². The van der Waals surface area contributed by atoms with Gasteiger partial charge in [0.25, 0.3) is 5.91 Å². The van der Waals surface area contributed by atoms with Gasteiger partial charge in [-0.3, -0.25) is 9.69 Å². The average molecular weight is 379 g/mol. The molecule has 1 amide bonds. The van der Waals surface area contributed by atoms with Gasteiger partial charge < -0.3 is 10.6 Å². The van der Waals surface area contributed by atoms with Gasteiger partial charge in [0.1, 0.15) is 5.15 Å². The second-order valence-corrected chi connectivity index (χ2v) is 6.63. The first-order valence-corrected chi connectivity index (χ1v) is 8.59. The largest absolute Gasteiger partial charge is 0.321 e. The van der Waals surface area contributed by atoms with E-state index in [2.05, 4.69) is 26.6 Å². The summed E-state index contributed by atoms with van der Waals surface area (Å²) in [5.41, 5.74) is 3.95. The first kappa shape index (κ1) is 18.1. The van der Waals surface area contributed by atoms with Crippen LogP contribution in [0.4, 0.5) is 5.69 Å². The Labute approximate surface area is 158 Å². The SMILES string of the molecule is Cl.O=C(Nc1ccc(Cl)nc1)c1ccc2c(c1)CCN1CCNCC21. The molecule has 5 nitrogen and oxygen atoms in total. The molecule has 2 N–H and O–H groups in total. The number of benzene rings is 1. The Morgan fingerprint density at radius 1 is 1.28 bits per heavy atom. The molecule has 1 unspecified atom stereocenters. The Hall–Kier alpha value is -1.66. The van der Waals surface area contributed by atoms with Crippen LogP contribution in [0.2, 0.25) is 5.15 Å². The lowest BCUT2D eigenvalue weighted by molar-refractivity contribution is 0.102. The van der Waals surface area contributed by atoms with E-state index in [0.29, 0.717) is 22.4 Å². The summed E-state index contributed by atoms with van der Waals surface area (Å²) in [5, 5.41) is 6.74. The molecule has 7 heteroatoms. The van der Waals surface area contributed by atoms with Crippen LogP contribution in [-0.2, 0) is 6.42 Å². The first-order valence-electron chi connectivity index (χ1n) is 8.21. The molecule has 1 aromatic carbocycles. The molecule has 2 aromatic rings. The number of nitrogens with zero attached hydrogens (tertiary/aromatic N) is 2. The Morgan fingerprint density at radius 3 is 2.96 bits per heavy atom. The highest BCUT2D eigenvalue weighted by Gasteiger charge is 2.29. The number of amides is 1. The highest BCUT2D eigenvalue weighted by Crippen LogP contribution is 2.31. The molecule has 2 aliphatic heterocycles. The van der Waals surface area contributed by atoms with Crippen molar-refractivity contribution in [3.63, 3.8) is 0 Å². The maximum atomic E-state index is 12.5. The van der Waals surface area contributed by atoms with Crippen molar-refractivity contribution in [3.8, 4) is 0 Å². The number of carbonyl (C=O) groups is 1. The van der Waals surface area contributed by atoms with Crippen LogP contribution in [0.25, 0.3) is 0 Å². The van der Waals surface area contributed by atoms with Crippen LogP contribution in [0, 0.1) is 0 Å². The van der Waals surface area contributed by atoms with Crippen molar-refractivity contribution in [2.45, 2.75) is 12.5 Å². The molecular weight excluding hydrogens is 359 g/mol. The fourth-order valence-corrected chi connectivity index (χ4v) is 3.64. The standard InChI is InChI=1S/C18H19ClN4O.ClH/c19-17-4-2-14(10-21-17)22-18(24)13-1-3-15-12(9-13)5-7-23-8-6-20-11-16(15)23;/h1-4,9-10,16,20H,5-8,11H2,(H,22,24);1H. The van der Waals surface area contributed by atoms with Gasteiger partial charge in [-0.15, -0.1) is 12.4 Å². The lowest BCUT2D eigenvalue weighted by Crippen LogP contribution is -2.48. The molecule has 132 valence electrons. The zero-order chi connectivity index (χ0) is 16.5. The van der Waals surface area contributed by atoms with Crippen LogP contribution >= 0.6 is 24.0 Å². The molecule has 1 atom stereocenters. The third kappa shape index (κ3) is 3.80. The number of rotatable bonds is 2. The number of aromatic nitrogens is 1. The Kier molecular flexibility index (Phi) is 5.59. The minimum absolute atomic E-state index is 0. The number of hydrogen-bond donors (Lipinski definition) is 2. The molecule has 1 fully saturated rings. The Morgan fingerprint density at radius 2 is 2.16 bits per heavy atom. The van der Waals surface area contributed by atoms with Crippen LogP contribution in [0.15, 0.2) is 36.5 Å². The third-order valence-electron chi connectivity index (χ3n) is 4.77. The molecule has 1 aromatic heterocycles. The van der Waals surface area contributed by atoms with Crippen molar-refractivity contribution >= 4 is 35.6 Å². The average Bonchev–Trinajstić information content (AvgIpc) is 2.63. The van der Waals surface area contributed by atoms with E-state index >= 15 is 0 Å². The second-order valence-electron chi connectivity index (χ2n) is 6.24. The molecule has 1 saturated heterocycles. The smallest absolute Gasteiger partial charge is 0.255 e. The number of halogens is 2. The molecule has 0 saturated carbocycles. The monoisotopic (exact) mass is 378 g/mol. The molecule has 25 heavy (non-hydrogen) atoms. The fourth-order valence-electron chi connectivity index (χ4n) is 3.53. The first-order chi connectivity index (χ1) is 11.7. The van der Waals surface area contributed by atoms with Gasteiger partial charge in [0.05, 0.1) is 11.9 Å². The highest BCUT2D eigenvalue weighted by molar-refractivity contribution is 6.29. The van der Waals surface area contributed by atoms with E-state index in [1.165, 1.54) is 11.1 Å². The Bertz CT molecular complexity index is 766. The highest BCUT2D eigenvalue weighted by atomic mass is 35.5. The predicted octanol–water partition coefficient (Wildman–Crippen LogP) is 2.91. The molecule has 0 bridgehead atoms. The zero-order valence-electron chi connectivity index (χ0n) is 13.7. The van der Waals surface area contributed by atoms with Crippen LogP contribution in [0.1, 0.15) is 27.5 Å². The number of nitrogens with one attached hydrogen (secondary N) is 2. The van der Waals surface area contributed by atoms with Crippen LogP contribution < -0.4 is 10.6 Å². The van der Waals surface area contributed by atoms with E-state index in [-0.39, 0.29) is 18.3 Å². The third-order valence-corrected chi connectivity index (χ3v) is 5.00. The van der Waals surface area contributed by atoms with E-state index in [1.807, 2.05) is 12.1 Å². The van der Waals surface area contributed by atoms with E-state index in [0.717, 1.165) is 32.6 Å². The van der Waals surface area contributed by atoms with E-state index < -0.39 is 0 Å². The lowest BCUT2D eigenvalue weighted by atomic mass is 9.90. The summed E-state index contributed by atoms with van der Waals surface area (Å²) in [6.45, 7) is 4.19. The number of pyridine rings is 1. The van der Waals surface area contributed by atoms with Crippen molar-refractivity contribution in [2.75, 3.05) is 31.5 Å². The number of hydrogen-bond acceptors (Lipinski definition) is 4. The fraction of sp³-hybridized carbons (Fsp3) is 0.333. The van der Waals surface area contributed by atoms with Gasteiger partial charge in [0.15, 0.2) is 0 Å². The van der Waals surface area contributed by atoms with Gasteiger partial charge in [-0.05, 0) is 41.8 Å². The van der Waals surface area contributed by atoms with Crippen molar-refractivity contribution in [2.24, 2.45) is 0 Å². The maximum Gasteiger partial charge on any atom is 0.255 e. The maximum absolute atomic E-state index is 12.5. The quantitative estimate of drug-likeness (QED) is 0.788. The molecule has 0 aliphatic carbocycles. The van der Waals surface area contributed by atoms with Crippen LogP contribution in [0.5, 0.6) is 0 Å². The van der Waals surface area contributed by atoms with E-state index in [4.69, 9.17) is 11.6 Å². The molecule has 0 radical (unpaired) electrons. The number of piperazine rings is 1. The van der Waals surface area contributed by atoms with Crippen molar-refractivity contribution in [1.82, 2.24) is 15.2 Å². The summed E-state index contributed by atoms with van der Waals surface area (Å²) in [7, 11) is 0. The van der Waals surface area contributed by atoms with Gasteiger partial charge in [-0.1, -0.05) is 17.7 Å². The van der Waals surface area contributed by atoms with Crippen molar-refractivity contribution in [1.29, 1.82) is 0 Å². The van der Waals surface area contributed by atoms with Gasteiger partial charge in [-0.2, -0.15) is 0 Å². The molecule has 2 aliphatic rings. The lowest BCUT2D eigenvalue weighted by Gasteiger charge is -2.41. The minimum Gasteiger partial charge on any atom is -0.321 e. The Balaban J connectivity index is 0.00000182. The second kappa shape index (κ2) is 7.70. The van der Waals surface area contributed by atoms with Gasteiger partial charge in [-0.25, -0.2) is 4.98 Å². The summed E-state index contributed by atoms with van der Waals surface area (Å²) in [4.78, 5) is 19.0. The minimum atomic E-state index is -0.119. The topological polar surface area (TPSA) is 57.3 Å².